The Hall–Kier alpha value is -0.390. The number of ether oxygens (including phenoxy) is 1. The van der Waals surface area contributed by atoms with E-state index in [1.165, 1.54) is 0 Å². The number of fused-ring (bicyclic) bond motifs is 2. The molecule has 2 aromatic carbocycles. The predicted molar refractivity (Wildman–Crippen MR) is 69.7 cm³/mol. The van der Waals surface area contributed by atoms with Crippen LogP contribution in [0.2, 0.25) is 0 Å². The molecule has 0 atom stereocenters. The van der Waals surface area contributed by atoms with Crippen LogP contribution in [0.15, 0.2) is 48.5 Å². The van der Waals surface area contributed by atoms with Gasteiger partial charge in [-0.25, -0.2) is 0 Å². The number of rotatable bonds is 0. The number of para-hydroxylation sites is 2. The van der Waals surface area contributed by atoms with Gasteiger partial charge in [-0.15, -0.1) is 0 Å². The fourth-order valence-electron chi connectivity index (χ4n) is 1.73. The Morgan fingerprint density at radius 2 is 1.19 bits per heavy atom. The summed E-state index contributed by atoms with van der Waals surface area (Å²) in [6.07, 6.45) is 0. The third-order valence-corrected chi connectivity index (χ3v) is 12.0. The zero-order chi connectivity index (χ0) is 11.2. The van der Waals surface area contributed by atoms with Gasteiger partial charge in [-0.3, -0.25) is 0 Å². The Bertz CT molecular complexity index is 507. The summed E-state index contributed by atoms with van der Waals surface area (Å²) in [4.78, 5) is 0. The number of hydrogen-bond donors (Lipinski definition) is 0. The summed E-state index contributed by atoms with van der Waals surface area (Å²) in [6, 6.07) is 15.5. The van der Waals surface area contributed by atoms with Gasteiger partial charge in [0, 0.05) is 0 Å². The van der Waals surface area contributed by atoms with Crippen molar-refractivity contribution < 1.29 is 4.74 Å². The van der Waals surface area contributed by atoms with Gasteiger partial charge in [-0.1, -0.05) is 0 Å². The average Bonchev–Trinajstić information content (AvgIpc) is 2.29. The van der Waals surface area contributed by atoms with Gasteiger partial charge < -0.3 is 0 Å². The van der Waals surface area contributed by atoms with Crippen LogP contribution in [0, 0.1) is 0 Å². The van der Waals surface area contributed by atoms with E-state index in [-0.39, 0.29) is 0 Å². The Morgan fingerprint density at radius 1 is 0.750 bits per heavy atom. The molecule has 1 aliphatic rings. The SMILES string of the molecule is Cl[Te]1(Cl)c2ccccc2Oc2ccccc21. The van der Waals surface area contributed by atoms with Gasteiger partial charge in [0.25, 0.3) is 0 Å². The van der Waals surface area contributed by atoms with Crippen molar-refractivity contribution in [2.24, 2.45) is 0 Å². The number of halogens is 2. The van der Waals surface area contributed by atoms with E-state index in [2.05, 4.69) is 0 Å². The van der Waals surface area contributed by atoms with Crippen molar-refractivity contribution in [2.75, 3.05) is 0 Å². The molecule has 1 aliphatic heterocycles. The molecule has 82 valence electrons. The maximum absolute atomic E-state index is 6.61. The van der Waals surface area contributed by atoms with E-state index in [1.807, 2.05) is 48.5 Å². The monoisotopic (exact) mass is 368 g/mol. The summed E-state index contributed by atoms with van der Waals surface area (Å²) in [5.74, 6) is 1.60. The summed E-state index contributed by atoms with van der Waals surface area (Å²) in [7, 11) is 13.2. The molecule has 0 saturated carbocycles. The van der Waals surface area contributed by atoms with Crippen LogP contribution in [0.4, 0.5) is 0 Å². The normalized spacial score (nSPS) is 17.9. The molecule has 0 spiro atoms. The molecule has 3 rings (SSSR count). The van der Waals surface area contributed by atoms with Crippen LogP contribution in [-0.2, 0) is 0 Å². The second-order valence-electron chi connectivity index (χ2n) is 3.46. The molecule has 0 radical (unpaired) electrons. The fraction of sp³-hybridized carbons (Fsp3) is 0. The molecular weight excluding hydrogens is 359 g/mol. The van der Waals surface area contributed by atoms with Crippen LogP contribution in [0.25, 0.3) is 0 Å². The average molecular weight is 367 g/mol. The zero-order valence-electron chi connectivity index (χ0n) is 8.19. The first-order chi connectivity index (χ1) is 7.69. The summed E-state index contributed by atoms with van der Waals surface area (Å²) >= 11 is -3.19. The Balaban J connectivity index is 2.28. The molecule has 0 fully saturated rings. The second-order valence-corrected chi connectivity index (χ2v) is 15.9. The van der Waals surface area contributed by atoms with Gasteiger partial charge in [-0.05, 0) is 0 Å². The molecule has 0 amide bonds. The molecule has 0 bridgehead atoms. The minimum atomic E-state index is -3.19. The summed E-state index contributed by atoms with van der Waals surface area (Å²) < 4.78 is 7.75. The van der Waals surface area contributed by atoms with Crippen molar-refractivity contribution in [3.05, 3.63) is 48.5 Å². The van der Waals surface area contributed by atoms with Gasteiger partial charge in [0.2, 0.25) is 0 Å². The van der Waals surface area contributed by atoms with Gasteiger partial charge >= 0.3 is 106 Å². The van der Waals surface area contributed by atoms with E-state index in [1.54, 1.807) is 0 Å². The molecule has 2 aromatic rings. The molecule has 1 heterocycles. The van der Waals surface area contributed by atoms with Crippen molar-refractivity contribution in [1.82, 2.24) is 0 Å². The first-order valence-electron chi connectivity index (χ1n) is 4.78. The van der Waals surface area contributed by atoms with Gasteiger partial charge in [-0.2, -0.15) is 0 Å². The van der Waals surface area contributed by atoms with Gasteiger partial charge in [0.05, 0.1) is 0 Å². The van der Waals surface area contributed by atoms with Crippen molar-refractivity contribution in [3.63, 3.8) is 0 Å². The molecule has 0 unspecified atom stereocenters. The Labute approximate surface area is 105 Å². The zero-order valence-corrected chi connectivity index (χ0v) is 12.0. The van der Waals surface area contributed by atoms with E-state index in [0.717, 1.165) is 18.7 Å². The standard InChI is InChI=1S/C12H8Cl2OTe/c13-16(14)11-7-3-1-5-9(11)15-10-6-2-4-8-12(10)16/h1-8H. The van der Waals surface area contributed by atoms with E-state index >= 15 is 0 Å². The summed E-state index contributed by atoms with van der Waals surface area (Å²) in [5, 5.41) is 0. The molecular formula is C12H8Cl2OTe. The minimum absolute atomic E-state index is 0.799. The Kier molecular flexibility index (Phi) is 2.57. The van der Waals surface area contributed by atoms with Gasteiger partial charge in [0.15, 0.2) is 0 Å². The van der Waals surface area contributed by atoms with E-state index < -0.39 is 15.9 Å². The van der Waals surface area contributed by atoms with Crippen molar-refractivity contribution in [2.45, 2.75) is 0 Å². The molecule has 0 aromatic heterocycles. The first-order valence-corrected chi connectivity index (χ1v) is 13.0. The van der Waals surface area contributed by atoms with Crippen LogP contribution >= 0.6 is 17.9 Å². The first kappa shape index (κ1) is 10.7. The van der Waals surface area contributed by atoms with E-state index in [0.29, 0.717) is 0 Å². The van der Waals surface area contributed by atoms with Crippen LogP contribution in [-0.4, -0.2) is 15.9 Å². The topological polar surface area (TPSA) is 9.23 Å². The van der Waals surface area contributed by atoms with E-state index in [9.17, 15) is 0 Å². The van der Waals surface area contributed by atoms with Crippen molar-refractivity contribution in [1.29, 1.82) is 0 Å². The van der Waals surface area contributed by atoms with Crippen LogP contribution in [0.1, 0.15) is 0 Å². The number of hydrogen-bond acceptors (Lipinski definition) is 1. The number of benzene rings is 2. The molecule has 16 heavy (non-hydrogen) atoms. The predicted octanol–water partition coefficient (Wildman–Crippen LogP) is 2.83. The fourth-order valence-corrected chi connectivity index (χ4v) is 9.32. The van der Waals surface area contributed by atoms with Crippen molar-refractivity contribution in [3.8, 4) is 11.5 Å². The molecule has 0 saturated heterocycles. The summed E-state index contributed by atoms with van der Waals surface area (Å²) in [6.45, 7) is 0. The molecule has 4 heteroatoms. The van der Waals surface area contributed by atoms with Crippen LogP contribution in [0.5, 0.6) is 11.5 Å². The van der Waals surface area contributed by atoms with Crippen LogP contribution < -0.4 is 12.0 Å². The molecule has 0 N–H and O–H groups in total. The Morgan fingerprint density at radius 3 is 1.69 bits per heavy atom. The van der Waals surface area contributed by atoms with E-state index in [4.69, 9.17) is 22.7 Å². The molecule has 0 aliphatic carbocycles. The van der Waals surface area contributed by atoms with Gasteiger partial charge in [0.1, 0.15) is 0 Å². The van der Waals surface area contributed by atoms with Crippen LogP contribution in [0.3, 0.4) is 0 Å². The third kappa shape index (κ3) is 1.53. The van der Waals surface area contributed by atoms with Crippen molar-refractivity contribution >= 4 is 41.1 Å². The summed E-state index contributed by atoms with van der Waals surface area (Å²) in [5.41, 5.74) is 0. The third-order valence-electron chi connectivity index (χ3n) is 2.47. The maximum atomic E-state index is 6.61. The second kappa shape index (κ2) is 3.82. The molecule has 1 nitrogen and oxygen atoms in total. The quantitative estimate of drug-likeness (QED) is 0.652.